The van der Waals surface area contributed by atoms with E-state index in [2.05, 4.69) is 21.0 Å². The summed E-state index contributed by atoms with van der Waals surface area (Å²) in [5.41, 5.74) is 7.12. The quantitative estimate of drug-likeness (QED) is 0.904. The van der Waals surface area contributed by atoms with Crippen molar-refractivity contribution < 1.29 is 5.11 Å². The van der Waals surface area contributed by atoms with Crippen LogP contribution in [0, 0.1) is 0 Å². The van der Waals surface area contributed by atoms with E-state index in [1.54, 1.807) is 23.0 Å². The van der Waals surface area contributed by atoms with Gasteiger partial charge in [-0.3, -0.25) is 4.68 Å². The van der Waals surface area contributed by atoms with E-state index < -0.39 is 0 Å². The molecule has 3 N–H and O–H groups in total. The van der Waals surface area contributed by atoms with Crippen LogP contribution >= 0.6 is 15.9 Å². The van der Waals surface area contributed by atoms with E-state index in [4.69, 9.17) is 5.73 Å². The molecule has 0 aliphatic carbocycles. The lowest BCUT2D eigenvalue weighted by molar-refractivity contribution is 0.476. The molecule has 0 saturated heterocycles. The monoisotopic (exact) mass is 281 g/mol. The largest absolute Gasteiger partial charge is 0.507 e. The first kappa shape index (κ1) is 11.2. The van der Waals surface area contributed by atoms with Crippen molar-refractivity contribution in [3.8, 4) is 17.0 Å². The highest BCUT2D eigenvalue weighted by molar-refractivity contribution is 9.10. The van der Waals surface area contributed by atoms with E-state index >= 15 is 0 Å². The first-order chi connectivity index (χ1) is 7.74. The molecule has 0 bridgehead atoms. The van der Waals surface area contributed by atoms with Gasteiger partial charge < -0.3 is 10.8 Å². The van der Waals surface area contributed by atoms with Crippen LogP contribution in [0.3, 0.4) is 0 Å². The molecule has 0 aliphatic heterocycles. The number of aromatic nitrogens is 2. The Morgan fingerprint density at radius 2 is 2.12 bits per heavy atom. The molecule has 5 heteroatoms. The van der Waals surface area contributed by atoms with Gasteiger partial charge in [0.2, 0.25) is 0 Å². The third-order valence-corrected chi connectivity index (χ3v) is 2.88. The summed E-state index contributed by atoms with van der Waals surface area (Å²) >= 11 is 3.42. The number of hydrogen-bond donors (Lipinski definition) is 2. The lowest BCUT2D eigenvalue weighted by Gasteiger charge is -2.08. The number of hydrogen-bond acceptors (Lipinski definition) is 3. The van der Waals surface area contributed by atoms with Gasteiger partial charge in [-0.1, -0.05) is 12.1 Å². The summed E-state index contributed by atoms with van der Waals surface area (Å²) in [6.07, 6.45) is 1.71. The lowest BCUT2D eigenvalue weighted by atomic mass is 10.1. The molecule has 0 fully saturated rings. The summed E-state index contributed by atoms with van der Waals surface area (Å²) in [5.74, 6) is 0.238. The Morgan fingerprint density at radius 3 is 2.81 bits per heavy atom. The van der Waals surface area contributed by atoms with Crippen molar-refractivity contribution in [3.63, 3.8) is 0 Å². The number of benzene rings is 1. The molecule has 0 saturated carbocycles. The number of phenolic OH excluding ortho intramolecular Hbond substituents is 1. The van der Waals surface area contributed by atoms with E-state index in [1.165, 1.54) is 0 Å². The molecule has 0 spiro atoms. The highest BCUT2D eigenvalue weighted by Gasteiger charge is 2.13. The fourth-order valence-corrected chi connectivity index (χ4v) is 2.11. The first-order valence-corrected chi connectivity index (χ1v) is 5.73. The van der Waals surface area contributed by atoms with Crippen LogP contribution in [0.25, 0.3) is 11.3 Å². The summed E-state index contributed by atoms with van der Waals surface area (Å²) < 4.78 is 2.63. The van der Waals surface area contributed by atoms with Gasteiger partial charge in [-0.25, -0.2) is 0 Å². The summed E-state index contributed by atoms with van der Waals surface area (Å²) in [7, 11) is 0. The Labute approximate surface area is 102 Å². The zero-order chi connectivity index (χ0) is 11.5. The van der Waals surface area contributed by atoms with Crippen molar-refractivity contribution in [3.05, 3.63) is 34.9 Å². The van der Waals surface area contributed by atoms with E-state index in [-0.39, 0.29) is 5.75 Å². The molecule has 4 nitrogen and oxygen atoms in total. The Morgan fingerprint density at radius 1 is 1.38 bits per heavy atom. The van der Waals surface area contributed by atoms with Crippen molar-refractivity contribution in [2.45, 2.75) is 6.54 Å². The standard InChI is InChI=1S/C11H12BrN3O/c12-9-7-14-15(6-5-13)11(9)8-3-1-2-4-10(8)16/h1-4,7,16H,5-6,13H2. The van der Waals surface area contributed by atoms with Crippen LogP contribution in [0.1, 0.15) is 0 Å². The Bertz CT molecular complexity index is 496. The second-order valence-corrected chi connectivity index (χ2v) is 4.22. The van der Waals surface area contributed by atoms with Crippen LogP contribution in [-0.2, 0) is 6.54 Å². The van der Waals surface area contributed by atoms with Gasteiger partial charge in [-0.15, -0.1) is 0 Å². The number of phenols is 1. The third-order valence-electron chi connectivity index (χ3n) is 2.29. The smallest absolute Gasteiger partial charge is 0.124 e. The molecule has 0 aliphatic rings. The summed E-state index contributed by atoms with van der Waals surface area (Å²) in [4.78, 5) is 0. The topological polar surface area (TPSA) is 64.1 Å². The molecule has 0 atom stereocenters. The fourth-order valence-electron chi connectivity index (χ4n) is 1.60. The maximum absolute atomic E-state index is 9.81. The molecule has 2 aromatic rings. The molecule has 16 heavy (non-hydrogen) atoms. The lowest BCUT2D eigenvalue weighted by Crippen LogP contribution is -2.12. The second-order valence-electron chi connectivity index (χ2n) is 3.37. The second kappa shape index (κ2) is 4.67. The number of aromatic hydroxyl groups is 1. The number of para-hydroxylation sites is 1. The van der Waals surface area contributed by atoms with Crippen LogP contribution in [0.2, 0.25) is 0 Å². The molecule has 1 aromatic carbocycles. The third kappa shape index (κ3) is 1.96. The van der Waals surface area contributed by atoms with Crippen LogP contribution in [0.5, 0.6) is 5.75 Å². The SMILES string of the molecule is NCCn1ncc(Br)c1-c1ccccc1O. The van der Waals surface area contributed by atoms with Gasteiger partial charge in [0, 0.05) is 12.1 Å². The Balaban J connectivity index is 2.54. The maximum atomic E-state index is 9.81. The van der Waals surface area contributed by atoms with Crippen molar-refractivity contribution in [1.82, 2.24) is 9.78 Å². The van der Waals surface area contributed by atoms with Crippen LogP contribution < -0.4 is 5.73 Å². The highest BCUT2D eigenvalue weighted by Crippen LogP contribution is 2.33. The molecule has 1 heterocycles. The zero-order valence-electron chi connectivity index (χ0n) is 8.60. The fraction of sp³-hybridized carbons (Fsp3) is 0.182. The molecule has 84 valence electrons. The number of nitrogens with two attached hydrogens (primary N) is 1. The van der Waals surface area contributed by atoms with E-state index in [0.717, 1.165) is 15.7 Å². The van der Waals surface area contributed by atoms with Gasteiger partial charge in [-0.2, -0.15) is 5.10 Å². The van der Waals surface area contributed by atoms with Crippen LogP contribution in [-0.4, -0.2) is 21.4 Å². The number of nitrogens with zero attached hydrogens (tertiary/aromatic N) is 2. The predicted molar refractivity (Wildman–Crippen MR) is 66.1 cm³/mol. The molecular formula is C11H12BrN3O. The molecule has 0 amide bonds. The van der Waals surface area contributed by atoms with E-state index in [1.807, 2.05) is 12.1 Å². The Kier molecular flexibility index (Phi) is 3.26. The average molecular weight is 282 g/mol. The average Bonchev–Trinajstić information content (AvgIpc) is 2.62. The van der Waals surface area contributed by atoms with Crippen molar-refractivity contribution in [2.24, 2.45) is 5.73 Å². The van der Waals surface area contributed by atoms with Gasteiger partial charge in [0.25, 0.3) is 0 Å². The van der Waals surface area contributed by atoms with Gasteiger partial charge in [0.15, 0.2) is 0 Å². The minimum absolute atomic E-state index is 0.238. The summed E-state index contributed by atoms with van der Waals surface area (Å²) in [5, 5.41) is 14.0. The molecule has 1 aromatic heterocycles. The van der Waals surface area contributed by atoms with Crippen molar-refractivity contribution >= 4 is 15.9 Å². The van der Waals surface area contributed by atoms with Crippen LogP contribution in [0.15, 0.2) is 34.9 Å². The molecule has 0 unspecified atom stereocenters. The minimum Gasteiger partial charge on any atom is -0.507 e. The number of halogens is 1. The van der Waals surface area contributed by atoms with Crippen LogP contribution in [0.4, 0.5) is 0 Å². The molecular weight excluding hydrogens is 270 g/mol. The van der Waals surface area contributed by atoms with Crippen molar-refractivity contribution in [2.75, 3.05) is 6.54 Å². The maximum Gasteiger partial charge on any atom is 0.124 e. The highest BCUT2D eigenvalue weighted by atomic mass is 79.9. The van der Waals surface area contributed by atoms with Gasteiger partial charge in [0.1, 0.15) is 5.75 Å². The van der Waals surface area contributed by atoms with E-state index in [0.29, 0.717) is 13.1 Å². The predicted octanol–water partition coefficient (Wildman–Crippen LogP) is 1.98. The normalized spacial score (nSPS) is 10.6. The van der Waals surface area contributed by atoms with Gasteiger partial charge in [-0.05, 0) is 28.1 Å². The van der Waals surface area contributed by atoms with Crippen molar-refractivity contribution in [1.29, 1.82) is 0 Å². The molecule has 0 radical (unpaired) electrons. The summed E-state index contributed by atoms with van der Waals surface area (Å²) in [6.45, 7) is 1.13. The minimum atomic E-state index is 0.238. The zero-order valence-corrected chi connectivity index (χ0v) is 10.2. The Hall–Kier alpha value is -1.33. The number of rotatable bonds is 3. The summed E-state index contributed by atoms with van der Waals surface area (Å²) in [6, 6.07) is 7.17. The first-order valence-electron chi connectivity index (χ1n) is 4.93. The van der Waals surface area contributed by atoms with E-state index in [9.17, 15) is 5.11 Å². The van der Waals surface area contributed by atoms with Gasteiger partial charge >= 0.3 is 0 Å². The van der Waals surface area contributed by atoms with Gasteiger partial charge in [0.05, 0.1) is 22.9 Å². The molecule has 2 rings (SSSR count).